The van der Waals surface area contributed by atoms with Gasteiger partial charge < -0.3 is 14.8 Å². The summed E-state index contributed by atoms with van der Waals surface area (Å²) in [4.78, 5) is 24.6. The van der Waals surface area contributed by atoms with E-state index < -0.39 is 5.69 Å². The minimum absolute atomic E-state index is 0.209. The van der Waals surface area contributed by atoms with Gasteiger partial charge in [0.2, 0.25) is 5.91 Å². The first kappa shape index (κ1) is 17.3. The number of nitrogens with one attached hydrogen (secondary N) is 1. The number of ether oxygens (including phenoxy) is 2. The van der Waals surface area contributed by atoms with Gasteiger partial charge in [0.1, 0.15) is 24.8 Å². The molecule has 1 aromatic carbocycles. The van der Waals surface area contributed by atoms with Gasteiger partial charge in [-0.05, 0) is 52.6 Å². The summed E-state index contributed by atoms with van der Waals surface area (Å²) in [5.74, 6) is 1.02. The maximum absolute atomic E-state index is 12.3. The van der Waals surface area contributed by atoms with Gasteiger partial charge in [-0.25, -0.2) is 4.79 Å². The van der Waals surface area contributed by atoms with Crippen molar-refractivity contribution in [1.29, 1.82) is 0 Å². The molecule has 2 aromatic heterocycles. The molecule has 0 aliphatic carbocycles. The van der Waals surface area contributed by atoms with Gasteiger partial charge in [0.15, 0.2) is 11.5 Å². The second-order valence-electron chi connectivity index (χ2n) is 5.97. The van der Waals surface area contributed by atoms with Crippen molar-refractivity contribution in [1.82, 2.24) is 25.1 Å². The Morgan fingerprint density at radius 2 is 2.07 bits per heavy atom. The van der Waals surface area contributed by atoms with Crippen LogP contribution in [0.5, 0.6) is 11.5 Å². The van der Waals surface area contributed by atoms with Gasteiger partial charge in [-0.2, -0.15) is 9.36 Å². The zero-order chi connectivity index (χ0) is 18.8. The van der Waals surface area contributed by atoms with E-state index in [0.717, 1.165) is 10.2 Å². The summed E-state index contributed by atoms with van der Waals surface area (Å²) in [5, 5.41) is 12.9. The van der Waals surface area contributed by atoms with Gasteiger partial charge in [-0.15, -0.1) is 11.3 Å². The lowest BCUT2D eigenvalue weighted by Crippen LogP contribution is -2.34. The van der Waals surface area contributed by atoms with E-state index in [1.54, 1.807) is 6.07 Å². The summed E-state index contributed by atoms with van der Waals surface area (Å²) in [7, 11) is 0. The second-order valence-corrected chi connectivity index (χ2v) is 6.90. The number of aromatic nitrogens is 4. The van der Waals surface area contributed by atoms with E-state index >= 15 is 0 Å². The lowest BCUT2D eigenvalue weighted by atomic mass is 10.1. The van der Waals surface area contributed by atoms with Crippen molar-refractivity contribution < 1.29 is 14.3 Å². The van der Waals surface area contributed by atoms with E-state index in [1.807, 2.05) is 36.6 Å². The zero-order valence-corrected chi connectivity index (χ0v) is 15.3. The Morgan fingerprint density at radius 1 is 1.26 bits per heavy atom. The molecule has 1 aliphatic rings. The normalized spacial score (nSPS) is 14.0. The van der Waals surface area contributed by atoms with Gasteiger partial charge >= 0.3 is 5.69 Å². The first-order valence-corrected chi connectivity index (χ1v) is 9.25. The number of amides is 1. The highest BCUT2D eigenvalue weighted by molar-refractivity contribution is 7.12. The lowest BCUT2D eigenvalue weighted by molar-refractivity contribution is -0.122. The smallest absolute Gasteiger partial charge is 0.369 e. The number of carbonyl (C=O) groups excluding carboxylic acids is 1. The molecular weight excluding hydrogens is 370 g/mol. The molecule has 0 bridgehead atoms. The SMILES string of the molecule is CC(NC(=O)Cn1nnn(-c2cccs2)c1=O)c1ccc2c(c1)OCCO2. The summed E-state index contributed by atoms with van der Waals surface area (Å²) in [5.41, 5.74) is 0.418. The number of hydrogen-bond acceptors (Lipinski definition) is 7. The summed E-state index contributed by atoms with van der Waals surface area (Å²) >= 11 is 1.37. The average molecular weight is 387 g/mol. The molecule has 1 atom stereocenters. The third kappa shape index (κ3) is 3.56. The average Bonchev–Trinajstić information content (AvgIpc) is 3.32. The molecule has 3 heterocycles. The predicted octanol–water partition coefficient (Wildman–Crippen LogP) is 1.14. The number of tetrazole rings is 1. The van der Waals surface area contributed by atoms with Gasteiger partial charge in [0.05, 0.1) is 6.04 Å². The fourth-order valence-electron chi connectivity index (χ4n) is 2.74. The molecule has 0 saturated carbocycles. The zero-order valence-electron chi connectivity index (χ0n) is 14.5. The molecule has 0 saturated heterocycles. The Kier molecular flexibility index (Phi) is 4.63. The molecular formula is C17H17N5O4S. The number of carbonyl (C=O) groups is 1. The first-order valence-electron chi connectivity index (χ1n) is 8.37. The third-order valence-corrected chi connectivity index (χ3v) is 4.94. The summed E-state index contributed by atoms with van der Waals surface area (Å²) in [6.07, 6.45) is 0. The Morgan fingerprint density at radius 3 is 2.85 bits per heavy atom. The number of fused-ring (bicyclic) bond motifs is 1. The van der Waals surface area contributed by atoms with Crippen LogP contribution < -0.4 is 20.5 Å². The van der Waals surface area contributed by atoms with Crippen molar-refractivity contribution in [3.05, 3.63) is 51.8 Å². The largest absolute Gasteiger partial charge is 0.486 e. The molecule has 0 spiro atoms. The number of nitrogens with zero attached hydrogens (tertiary/aromatic N) is 4. The first-order chi connectivity index (χ1) is 13.1. The van der Waals surface area contributed by atoms with E-state index in [-0.39, 0.29) is 18.5 Å². The van der Waals surface area contributed by atoms with Gasteiger partial charge in [0.25, 0.3) is 0 Å². The summed E-state index contributed by atoms with van der Waals surface area (Å²) < 4.78 is 13.3. The van der Waals surface area contributed by atoms with Crippen LogP contribution in [0.2, 0.25) is 0 Å². The molecule has 1 amide bonds. The van der Waals surface area contributed by atoms with Crippen molar-refractivity contribution >= 4 is 17.2 Å². The number of rotatable bonds is 5. The van der Waals surface area contributed by atoms with Crippen LogP contribution in [-0.2, 0) is 11.3 Å². The Hall–Kier alpha value is -3.14. The molecule has 10 heteroatoms. The van der Waals surface area contributed by atoms with Crippen LogP contribution in [0.1, 0.15) is 18.5 Å². The Bertz CT molecular complexity index is 1010. The molecule has 1 N–H and O–H groups in total. The fraction of sp³-hybridized carbons (Fsp3) is 0.294. The maximum Gasteiger partial charge on any atom is 0.369 e. The molecule has 9 nitrogen and oxygen atoms in total. The van der Waals surface area contributed by atoms with Gasteiger partial charge in [0, 0.05) is 0 Å². The number of thiophene rings is 1. The van der Waals surface area contributed by atoms with Crippen molar-refractivity contribution in [3.63, 3.8) is 0 Å². The minimum atomic E-state index is -0.459. The van der Waals surface area contributed by atoms with Crippen LogP contribution in [0.4, 0.5) is 0 Å². The molecule has 27 heavy (non-hydrogen) atoms. The highest BCUT2D eigenvalue weighted by Crippen LogP contribution is 2.32. The quantitative estimate of drug-likeness (QED) is 0.705. The van der Waals surface area contributed by atoms with E-state index in [4.69, 9.17) is 9.47 Å². The highest BCUT2D eigenvalue weighted by atomic mass is 32.1. The third-order valence-electron chi connectivity index (χ3n) is 4.09. The Balaban J connectivity index is 1.43. The Labute approximate surface area is 158 Å². The van der Waals surface area contributed by atoms with E-state index in [0.29, 0.717) is 29.7 Å². The van der Waals surface area contributed by atoms with Gasteiger partial charge in [-0.3, -0.25) is 4.79 Å². The maximum atomic E-state index is 12.3. The molecule has 1 unspecified atom stereocenters. The van der Waals surface area contributed by atoms with Gasteiger partial charge in [-0.1, -0.05) is 6.07 Å². The van der Waals surface area contributed by atoms with Crippen LogP contribution in [-0.4, -0.2) is 38.9 Å². The molecule has 0 radical (unpaired) electrons. The molecule has 3 aromatic rings. The van der Waals surface area contributed by atoms with E-state index in [9.17, 15) is 9.59 Å². The van der Waals surface area contributed by atoms with Crippen molar-refractivity contribution in [2.75, 3.05) is 13.2 Å². The monoisotopic (exact) mass is 387 g/mol. The highest BCUT2D eigenvalue weighted by Gasteiger charge is 2.17. The molecule has 1 aliphatic heterocycles. The van der Waals surface area contributed by atoms with Crippen LogP contribution in [0.15, 0.2) is 40.5 Å². The van der Waals surface area contributed by atoms with Crippen molar-refractivity contribution in [3.8, 4) is 16.5 Å². The standard InChI is InChI=1S/C17H17N5O4S/c1-11(12-4-5-13-14(9-12)26-7-6-25-13)18-15(23)10-21-17(24)22(20-19-21)16-3-2-8-27-16/h2-5,8-9,11H,6-7,10H2,1H3,(H,18,23). The molecule has 4 rings (SSSR count). The van der Waals surface area contributed by atoms with E-state index in [1.165, 1.54) is 16.0 Å². The number of hydrogen-bond donors (Lipinski definition) is 1. The summed E-state index contributed by atoms with van der Waals surface area (Å²) in [6, 6.07) is 8.85. The number of benzene rings is 1. The predicted molar refractivity (Wildman–Crippen MR) is 97.5 cm³/mol. The van der Waals surface area contributed by atoms with Crippen LogP contribution in [0, 0.1) is 0 Å². The molecule has 140 valence electrons. The summed E-state index contributed by atoms with van der Waals surface area (Å²) in [6.45, 7) is 2.67. The second kappa shape index (κ2) is 7.23. The van der Waals surface area contributed by atoms with Crippen molar-refractivity contribution in [2.45, 2.75) is 19.5 Å². The minimum Gasteiger partial charge on any atom is -0.486 e. The van der Waals surface area contributed by atoms with E-state index in [2.05, 4.69) is 15.7 Å². The lowest BCUT2D eigenvalue weighted by Gasteiger charge is -2.21. The van der Waals surface area contributed by atoms with Crippen molar-refractivity contribution in [2.24, 2.45) is 0 Å². The van der Waals surface area contributed by atoms with Crippen LogP contribution >= 0.6 is 11.3 Å². The topological polar surface area (TPSA) is 100 Å². The molecule has 0 fully saturated rings. The fourth-order valence-corrected chi connectivity index (χ4v) is 3.41. The van der Waals surface area contributed by atoms with Crippen LogP contribution in [0.3, 0.4) is 0 Å². The van der Waals surface area contributed by atoms with Crippen LogP contribution in [0.25, 0.3) is 5.00 Å².